The number of carbonyl (C=O) groups is 1. The van der Waals surface area contributed by atoms with Gasteiger partial charge < -0.3 is 19.1 Å². The fourth-order valence-electron chi connectivity index (χ4n) is 5.61. The van der Waals surface area contributed by atoms with Gasteiger partial charge in [-0.2, -0.15) is 0 Å². The Hall–Kier alpha value is -0.730. The van der Waals surface area contributed by atoms with Gasteiger partial charge in [0.05, 0.1) is 37.5 Å². The average molecular weight is 514 g/mol. The minimum Gasteiger partial charge on any atom is -0.377 e. The highest BCUT2D eigenvalue weighted by atomic mass is 16.7. The molecule has 3 heterocycles. The Balaban J connectivity index is 0.000000274. The zero-order valence-corrected chi connectivity index (χ0v) is 26.2. The van der Waals surface area contributed by atoms with Crippen molar-refractivity contribution in [2.24, 2.45) is 17.8 Å². The summed E-state index contributed by atoms with van der Waals surface area (Å²) in [6.07, 6.45) is 2.85. The van der Waals surface area contributed by atoms with Crippen molar-refractivity contribution in [1.29, 1.82) is 0 Å². The number of carbonyl (C=O) groups excluding carboxylic acids is 1. The molecule has 0 saturated carbocycles. The molecule has 0 aromatic heterocycles. The number of likely N-dealkylation sites (tertiary alicyclic amines) is 1. The number of hydrogen-bond donors (Lipinski definition) is 0. The van der Waals surface area contributed by atoms with E-state index >= 15 is 0 Å². The van der Waals surface area contributed by atoms with E-state index in [9.17, 15) is 4.79 Å². The lowest BCUT2D eigenvalue weighted by molar-refractivity contribution is -0.290. The number of hydrogen-bond acceptors (Lipinski definition) is 6. The van der Waals surface area contributed by atoms with Crippen LogP contribution in [0.5, 0.6) is 0 Å². The van der Waals surface area contributed by atoms with E-state index in [2.05, 4.69) is 86.5 Å². The monoisotopic (exact) mass is 513 g/mol. The molecular formula is C29H59N3O4. The molecular weight excluding hydrogens is 454 g/mol. The molecule has 0 aliphatic carbocycles. The Bertz CT molecular complexity index is 656. The molecule has 1 amide bonds. The smallest absolute Gasteiger partial charge is 0.222 e. The molecule has 3 rings (SSSR count). The number of rotatable bonds is 6. The van der Waals surface area contributed by atoms with Crippen LogP contribution in [0.15, 0.2) is 0 Å². The number of amides is 1. The largest absolute Gasteiger partial charge is 0.377 e. The highest BCUT2D eigenvalue weighted by Gasteiger charge is 2.45. The molecule has 3 fully saturated rings. The normalized spacial score (nSPS) is 26.6. The summed E-state index contributed by atoms with van der Waals surface area (Å²) in [6, 6.07) is 0. The van der Waals surface area contributed by atoms with E-state index in [0.29, 0.717) is 29.2 Å². The highest BCUT2D eigenvalue weighted by Crippen LogP contribution is 2.38. The Morgan fingerprint density at radius 3 is 1.39 bits per heavy atom. The molecule has 0 radical (unpaired) electrons. The van der Waals surface area contributed by atoms with Gasteiger partial charge in [-0.25, -0.2) is 0 Å². The van der Waals surface area contributed by atoms with E-state index in [-0.39, 0.29) is 11.1 Å². The van der Waals surface area contributed by atoms with Crippen molar-refractivity contribution < 1.29 is 19.0 Å². The van der Waals surface area contributed by atoms with E-state index in [0.717, 1.165) is 45.7 Å². The van der Waals surface area contributed by atoms with Crippen molar-refractivity contribution in [2.75, 3.05) is 61.7 Å². The molecule has 7 heteroatoms. The fourth-order valence-corrected chi connectivity index (χ4v) is 5.61. The summed E-state index contributed by atoms with van der Waals surface area (Å²) in [4.78, 5) is 17.8. The summed E-state index contributed by atoms with van der Waals surface area (Å²) < 4.78 is 16.7. The molecule has 1 unspecified atom stereocenters. The molecule has 0 aromatic carbocycles. The fraction of sp³-hybridized carbons (Fsp3) is 0.966. The van der Waals surface area contributed by atoms with Crippen LogP contribution in [0.25, 0.3) is 0 Å². The van der Waals surface area contributed by atoms with Crippen molar-refractivity contribution in [3.05, 3.63) is 0 Å². The first-order chi connectivity index (χ1) is 16.4. The van der Waals surface area contributed by atoms with Crippen LogP contribution in [0.2, 0.25) is 0 Å². The van der Waals surface area contributed by atoms with Crippen LogP contribution >= 0.6 is 0 Å². The van der Waals surface area contributed by atoms with Gasteiger partial charge in [0.1, 0.15) is 0 Å². The van der Waals surface area contributed by atoms with Gasteiger partial charge in [-0.3, -0.25) is 14.6 Å². The zero-order valence-electron chi connectivity index (χ0n) is 26.2. The van der Waals surface area contributed by atoms with E-state index in [1.165, 1.54) is 0 Å². The van der Waals surface area contributed by atoms with E-state index in [1.54, 1.807) is 0 Å². The summed E-state index contributed by atoms with van der Waals surface area (Å²) in [5.41, 5.74) is 0.507. The van der Waals surface area contributed by atoms with Crippen molar-refractivity contribution in [2.45, 2.75) is 104 Å². The third kappa shape index (κ3) is 7.02. The second-order valence-electron chi connectivity index (χ2n) is 12.8. The van der Waals surface area contributed by atoms with E-state index in [4.69, 9.17) is 14.2 Å². The van der Waals surface area contributed by atoms with Crippen molar-refractivity contribution >= 4 is 5.91 Å². The van der Waals surface area contributed by atoms with Gasteiger partial charge in [0, 0.05) is 19.0 Å². The van der Waals surface area contributed by atoms with Crippen LogP contribution in [-0.4, -0.2) is 105 Å². The number of likely N-dealkylation sites (N-methyl/N-ethyl adjacent to an activating group) is 2. The van der Waals surface area contributed by atoms with Crippen LogP contribution in [0.3, 0.4) is 0 Å². The van der Waals surface area contributed by atoms with Crippen LogP contribution in [-0.2, 0) is 19.0 Å². The molecule has 214 valence electrons. The van der Waals surface area contributed by atoms with Gasteiger partial charge in [-0.15, -0.1) is 0 Å². The first kappa shape index (κ1) is 33.3. The Labute approximate surface area is 223 Å². The van der Waals surface area contributed by atoms with Crippen molar-refractivity contribution in [1.82, 2.24) is 14.7 Å². The molecule has 1 atom stereocenters. The first-order valence-electron chi connectivity index (χ1n) is 13.9. The average Bonchev–Trinajstić information content (AvgIpc) is 3.02. The third-order valence-electron chi connectivity index (χ3n) is 9.47. The maximum Gasteiger partial charge on any atom is 0.222 e. The SMILES string of the molecule is CC(C)C1(N(C)C)COC(C)(C)OC1.CC(C)C1(N(C)C)COC1.CCC1(C(C)C)CCC(=O)N1C. The third-order valence-corrected chi connectivity index (χ3v) is 9.47. The lowest BCUT2D eigenvalue weighted by Crippen LogP contribution is -2.62. The lowest BCUT2D eigenvalue weighted by Gasteiger charge is -2.49. The maximum absolute atomic E-state index is 11.4. The number of ether oxygens (including phenoxy) is 3. The van der Waals surface area contributed by atoms with E-state index < -0.39 is 5.79 Å². The van der Waals surface area contributed by atoms with Gasteiger partial charge in [-0.05, 0) is 72.6 Å². The van der Waals surface area contributed by atoms with Gasteiger partial charge in [0.15, 0.2) is 5.79 Å². The lowest BCUT2D eigenvalue weighted by atomic mass is 9.82. The molecule has 0 N–H and O–H groups in total. The Morgan fingerprint density at radius 2 is 1.22 bits per heavy atom. The van der Waals surface area contributed by atoms with Gasteiger partial charge in [0.25, 0.3) is 0 Å². The Morgan fingerprint density at radius 1 is 0.806 bits per heavy atom. The summed E-state index contributed by atoms with van der Waals surface area (Å²) in [5, 5.41) is 0. The molecule has 36 heavy (non-hydrogen) atoms. The molecule has 3 saturated heterocycles. The number of nitrogens with zero attached hydrogens (tertiary/aromatic N) is 3. The van der Waals surface area contributed by atoms with Crippen molar-refractivity contribution in [3.63, 3.8) is 0 Å². The summed E-state index contributed by atoms with van der Waals surface area (Å²) in [6.45, 7) is 22.7. The zero-order chi connectivity index (χ0) is 28.1. The van der Waals surface area contributed by atoms with Gasteiger partial charge in [-0.1, -0.05) is 48.5 Å². The maximum atomic E-state index is 11.4. The summed E-state index contributed by atoms with van der Waals surface area (Å²) in [5.74, 6) is 1.67. The second kappa shape index (κ2) is 12.9. The van der Waals surface area contributed by atoms with Gasteiger partial charge >= 0.3 is 0 Å². The second-order valence-corrected chi connectivity index (χ2v) is 12.8. The molecule has 3 aliphatic rings. The van der Waals surface area contributed by atoms with Crippen LogP contribution < -0.4 is 0 Å². The molecule has 0 spiro atoms. The van der Waals surface area contributed by atoms with Crippen molar-refractivity contribution in [3.8, 4) is 0 Å². The van der Waals surface area contributed by atoms with Gasteiger partial charge in [0.2, 0.25) is 5.91 Å². The quantitative estimate of drug-likeness (QED) is 0.511. The molecule has 7 nitrogen and oxygen atoms in total. The minimum atomic E-state index is -0.422. The van der Waals surface area contributed by atoms with E-state index in [1.807, 2.05) is 25.8 Å². The van der Waals surface area contributed by atoms with Crippen LogP contribution in [0, 0.1) is 17.8 Å². The molecule has 3 aliphatic heterocycles. The minimum absolute atomic E-state index is 0.0233. The van der Waals surface area contributed by atoms with Crippen LogP contribution in [0.1, 0.15) is 81.6 Å². The topological polar surface area (TPSA) is 54.5 Å². The molecule has 0 aromatic rings. The molecule has 0 bridgehead atoms. The standard InChI is InChI=1S/C11H23NO2.C10H19NO.C8H17NO/c1-9(2)11(12(5)6)7-13-10(3,4)14-8-11;1-5-10(8(2)3)7-6-9(12)11(10)4;1-7(2)8(9(3)4)5-10-6-8/h9H,7-8H2,1-6H3;8H,5-7H2,1-4H3;7H,5-6H2,1-4H3. The Kier molecular flexibility index (Phi) is 11.9. The first-order valence-corrected chi connectivity index (χ1v) is 13.9. The highest BCUT2D eigenvalue weighted by molar-refractivity contribution is 5.79. The summed E-state index contributed by atoms with van der Waals surface area (Å²) >= 11 is 0. The summed E-state index contributed by atoms with van der Waals surface area (Å²) in [7, 11) is 10.4. The van der Waals surface area contributed by atoms with Crippen LogP contribution in [0.4, 0.5) is 0 Å². The predicted octanol–water partition coefficient (Wildman–Crippen LogP) is 4.74. The predicted molar refractivity (Wildman–Crippen MR) is 149 cm³/mol.